The molecule has 1 aliphatic heterocycles. The zero-order valence-electron chi connectivity index (χ0n) is 13.2. The molecule has 0 radical (unpaired) electrons. The minimum Gasteiger partial charge on any atom is -0.361 e. The summed E-state index contributed by atoms with van der Waals surface area (Å²) in [6.07, 6.45) is 12.1. The summed E-state index contributed by atoms with van der Waals surface area (Å²) in [5.74, 6) is 2.23. The Morgan fingerprint density at radius 3 is 3.12 bits per heavy atom. The van der Waals surface area contributed by atoms with Crippen LogP contribution in [0.1, 0.15) is 11.3 Å². The number of hydrogen-bond acceptors (Lipinski definition) is 5. The van der Waals surface area contributed by atoms with Crippen LogP contribution in [0.15, 0.2) is 43.0 Å². The monoisotopic (exact) mass is 330 g/mol. The number of nitrogens with zero attached hydrogens (tertiary/aromatic N) is 3. The Balaban J connectivity index is 1.60. The van der Waals surface area contributed by atoms with Crippen LogP contribution in [0.2, 0.25) is 0 Å². The normalized spacial score (nSPS) is 12.5. The van der Waals surface area contributed by atoms with Gasteiger partial charge in [0.15, 0.2) is 0 Å². The maximum Gasteiger partial charge on any atom is 0.314 e. The topological polar surface area (TPSA) is 85.9 Å². The van der Waals surface area contributed by atoms with Gasteiger partial charge in [0.05, 0.1) is 12.2 Å². The molecule has 2 aromatic heterocycles. The Morgan fingerprint density at radius 2 is 2.24 bits per heavy atom. The third-order valence-corrected chi connectivity index (χ3v) is 3.90. The van der Waals surface area contributed by atoms with E-state index in [1.54, 1.807) is 11.2 Å². The molecule has 1 amide bonds. The third kappa shape index (κ3) is 2.88. The zero-order chi connectivity index (χ0) is 17.2. The first-order valence-corrected chi connectivity index (χ1v) is 7.63. The smallest absolute Gasteiger partial charge is 0.314 e. The molecule has 7 nitrogen and oxygen atoms in total. The highest BCUT2D eigenvalue weighted by Crippen LogP contribution is 2.26. The molecule has 1 aliphatic rings. The number of aromatic nitrogens is 3. The molecule has 0 bridgehead atoms. The molecular weight excluding hydrogens is 316 g/mol. The summed E-state index contributed by atoms with van der Waals surface area (Å²) in [5, 5.41) is 6.03. The van der Waals surface area contributed by atoms with Gasteiger partial charge < -0.3 is 10.3 Å². The van der Waals surface area contributed by atoms with Gasteiger partial charge in [-0.05, 0) is 36.3 Å². The zero-order valence-corrected chi connectivity index (χ0v) is 13.2. The fraction of sp³-hybridized carbons (Fsp3) is 0.0556. The second kappa shape index (κ2) is 6.02. The van der Waals surface area contributed by atoms with Gasteiger partial charge in [-0.3, -0.25) is 15.2 Å². The van der Waals surface area contributed by atoms with Gasteiger partial charge in [0.1, 0.15) is 12.1 Å². The van der Waals surface area contributed by atoms with Crippen molar-refractivity contribution in [2.75, 3.05) is 5.32 Å². The van der Waals surface area contributed by atoms with Gasteiger partial charge in [-0.25, -0.2) is 9.97 Å². The van der Waals surface area contributed by atoms with E-state index in [1.165, 1.54) is 6.33 Å². The molecule has 0 atom stereocenters. The number of nitrogens with one attached hydrogen (secondary N) is 3. The number of H-pyrrole nitrogens is 1. The molecule has 0 saturated heterocycles. The van der Waals surface area contributed by atoms with Crippen LogP contribution in [0.3, 0.4) is 0 Å². The molecule has 1 aromatic carbocycles. The Hall–Kier alpha value is -3.79. The van der Waals surface area contributed by atoms with Crippen LogP contribution < -0.4 is 10.7 Å². The average molecular weight is 330 g/mol. The fourth-order valence-corrected chi connectivity index (χ4v) is 2.72. The summed E-state index contributed by atoms with van der Waals surface area (Å²) in [7, 11) is 0. The van der Waals surface area contributed by atoms with Crippen LogP contribution in [0, 0.1) is 12.3 Å². The van der Waals surface area contributed by atoms with Crippen molar-refractivity contribution in [2.24, 2.45) is 0 Å². The van der Waals surface area contributed by atoms with E-state index in [9.17, 15) is 4.79 Å². The lowest BCUT2D eigenvalue weighted by Gasteiger charge is -2.24. The van der Waals surface area contributed by atoms with Crippen molar-refractivity contribution < 1.29 is 4.79 Å². The number of carbonyl (C=O) groups excluding carboxylic acids is 1. The summed E-state index contributed by atoms with van der Waals surface area (Å²) in [5.41, 5.74) is 6.27. The lowest BCUT2D eigenvalue weighted by Crippen LogP contribution is -2.38. The van der Waals surface area contributed by atoms with Crippen LogP contribution in [-0.2, 0) is 11.3 Å². The summed E-state index contributed by atoms with van der Waals surface area (Å²) in [6.45, 7) is 0.410. The molecule has 0 spiro atoms. The van der Waals surface area contributed by atoms with Crippen LogP contribution >= 0.6 is 0 Å². The largest absolute Gasteiger partial charge is 0.361 e. The molecule has 0 unspecified atom stereocenters. The summed E-state index contributed by atoms with van der Waals surface area (Å²) < 4.78 is 0. The third-order valence-electron chi connectivity index (χ3n) is 3.90. The summed E-state index contributed by atoms with van der Waals surface area (Å²) >= 11 is 0. The van der Waals surface area contributed by atoms with Crippen molar-refractivity contribution in [3.05, 3.63) is 54.2 Å². The second-order valence-corrected chi connectivity index (χ2v) is 5.52. The Bertz CT molecular complexity index is 1030. The van der Waals surface area contributed by atoms with Gasteiger partial charge in [-0.15, -0.1) is 6.42 Å². The van der Waals surface area contributed by atoms with E-state index in [0.29, 0.717) is 12.4 Å². The van der Waals surface area contributed by atoms with E-state index in [-0.39, 0.29) is 0 Å². The Kier molecular flexibility index (Phi) is 3.56. The number of rotatable bonds is 3. The number of terminal acetylenes is 1. The molecule has 7 heteroatoms. The number of fused-ring (bicyclic) bond motifs is 2. The van der Waals surface area contributed by atoms with Crippen molar-refractivity contribution in [2.45, 2.75) is 6.54 Å². The van der Waals surface area contributed by atoms with E-state index in [2.05, 4.69) is 25.7 Å². The van der Waals surface area contributed by atoms with Crippen LogP contribution in [0.5, 0.6) is 0 Å². The number of hydrogen-bond donors (Lipinski definition) is 3. The first-order chi connectivity index (χ1) is 12.2. The van der Waals surface area contributed by atoms with E-state index >= 15 is 0 Å². The predicted octanol–water partition coefficient (Wildman–Crippen LogP) is 2.15. The van der Waals surface area contributed by atoms with Gasteiger partial charge in [-0.1, -0.05) is 0 Å². The molecule has 3 N–H and O–H groups in total. The minimum atomic E-state index is -0.500. The quantitative estimate of drug-likeness (QED) is 0.641. The Labute approximate surface area is 143 Å². The Morgan fingerprint density at radius 1 is 1.32 bits per heavy atom. The predicted molar refractivity (Wildman–Crippen MR) is 95.2 cm³/mol. The molecule has 4 rings (SSSR count). The number of benzene rings is 1. The standard InChI is InChI=1S/C18H14N6O/c1-2-17(25)23-24-8-6-14-16(10-24)20-11-21-18(14)22-13-3-4-15-12(9-13)5-7-19-15/h1,3-9,11,19H,10H2,(H,23,25)(H,20,21,22). The molecule has 3 aromatic rings. The highest BCUT2D eigenvalue weighted by molar-refractivity contribution is 5.92. The number of amides is 1. The van der Waals surface area contributed by atoms with Gasteiger partial charge in [0.2, 0.25) is 0 Å². The summed E-state index contributed by atoms with van der Waals surface area (Å²) in [4.78, 5) is 23.1. The molecule has 0 aliphatic carbocycles. The first kappa shape index (κ1) is 14.8. The van der Waals surface area contributed by atoms with Gasteiger partial charge >= 0.3 is 5.91 Å². The fourth-order valence-electron chi connectivity index (χ4n) is 2.72. The number of hydrazine groups is 1. The molecule has 3 heterocycles. The number of carbonyl (C=O) groups is 1. The van der Waals surface area contributed by atoms with Crippen molar-refractivity contribution >= 4 is 34.4 Å². The molecule has 25 heavy (non-hydrogen) atoms. The lowest BCUT2D eigenvalue weighted by atomic mass is 10.1. The van der Waals surface area contributed by atoms with E-state index < -0.39 is 5.91 Å². The van der Waals surface area contributed by atoms with Crippen molar-refractivity contribution in [1.29, 1.82) is 0 Å². The maximum absolute atomic E-state index is 11.3. The van der Waals surface area contributed by atoms with Gasteiger partial charge in [0.25, 0.3) is 0 Å². The highest BCUT2D eigenvalue weighted by atomic mass is 16.2. The van der Waals surface area contributed by atoms with Crippen LogP contribution in [0.25, 0.3) is 17.0 Å². The van der Waals surface area contributed by atoms with Crippen molar-refractivity contribution in [1.82, 2.24) is 25.4 Å². The van der Waals surface area contributed by atoms with Crippen LogP contribution in [0.4, 0.5) is 11.5 Å². The van der Waals surface area contributed by atoms with Crippen molar-refractivity contribution in [3.8, 4) is 12.3 Å². The molecule has 0 saturated carbocycles. The second-order valence-electron chi connectivity index (χ2n) is 5.52. The molecule has 122 valence electrons. The van der Waals surface area contributed by atoms with Crippen LogP contribution in [-0.4, -0.2) is 25.9 Å². The van der Waals surface area contributed by atoms with Crippen molar-refractivity contribution in [3.63, 3.8) is 0 Å². The van der Waals surface area contributed by atoms with E-state index in [1.807, 2.05) is 42.5 Å². The van der Waals surface area contributed by atoms with Gasteiger partial charge in [0, 0.05) is 34.6 Å². The maximum atomic E-state index is 11.3. The number of anilines is 2. The number of aromatic amines is 1. The van der Waals surface area contributed by atoms with E-state index in [4.69, 9.17) is 6.42 Å². The molecular formula is C18H14N6O. The first-order valence-electron chi connectivity index (χ1n) is 7.63. The van der Waals surface area contributed by atoms with Gasteiger partial charge in [-0.2, -0.15) is 0 Å². The van der Waals surface area contributed by atoms with E-state index in [0.717, 1.165) is 27.8 Å². The molecule has 0 fully saturated rings. The highest BCUT2D eigenvalue weighted by Gasteiger charge is 2.17. The summed E-state index contributed by atoms with van der Waals surface area (Å²) in [6, 6.07) is 8.06. The lowest BCUT2D eigenvalue weighted by molar-refractivity contribution is -0.119. The minimum absolute atomic E-state index is 0.410. The SMILES string of the molecule is C#CC(=O)NN1C=Cc2c(ncnc2Nc2ccc3[nH]ccc3c2)C1. The average Bonchev–Trinajstić information content (AvgIpc) is 3.09.